The van der Waals surface area contributed by atoms with Gasteiger partial charge in [-0.15, -0.1) is 0 Å². The van der Waals surface area contributed by atoms with Crippen LogP contribution < -0.4 is 16.4 Å². The minimum absolute atomic E-state index is 0.0195. The third kappa shape index (κ3) is 19.3. The van der Waals surface area contributed by atoms with Gasteiger partial charge in [-0.2, -0.15) is 4.31 Å². The van der Waals surface area contributed by atoms with Gasteiger partial charge < -0.3 is 75.7 Å². The van der Waals surface area contributed by atoms with Crippen LogP contribution in [0, 0.1) is 5.41 Å². The number of rotatable bonds is 30. The molecule has 2 fully saturated rings. The maximum Gasteiger partial charge on any atom is 0.481 e. The van der Waals surface area contributed by atoms with E-state index in [1.165, 1.54) is 13.8 Å². The van der Waals surface area contributed by atoms with Gasteiger partial charge in [0.2, 0.25) is 11.8 Å². The van der Waals surface area contributed by atoms with Gasteiger partial charge in [-0.05, 0) is 19.8 Å². The number of phosphoric ester groups is 3. The van der Waals surface area contributed by atoms with Crippen molar-refractivity contribution in [1.29, 1.82) is 0 Å². The number of amides is 2. The van der Waals surface area contributed by atoms with E-state index < -0.39 is 115 Å². The van der Waals surface area contributed by atoms with Gasteiger partial charge in [0, 0.05) is 50.1 Å². The lowest BCUT2D eigenvalue weighted by Crippen LogP contribution is -2.47. The smallest absolute Gasteiger partial charge is 0.393 e. The van der Waals surface area contributed by atoms with Crippen LogP contribution in [0.3, 0.4) is 0 Å². The van der Waals surface area contributed by atoms with Gasteiger partial charge in [-0.3, -0.25) is 32.5 Å². The Hall–Kier alpha value is -2.64. The van der Waals surface area contributed by atoms with E-state index in [1.807, 2.05) is 0 Å². The van der Waals surface area contributed by atoms with Crippen LogP contribution in [0.1, 0.15) is 84.8 Å². The highest BCUT2D eigenvalue weighted by molar-refractivity contribution is 8.13. The highest BCUT2D eigenvalue weighted by Gasteiger charge is 2.50. The summed E-state index contributed by atoms with van der Waals surface area (Å²) in [6.07, 6.45) is -5.98. The fourth-order valence-electron chi connectivity index (χ4n) is 6.95. The molecule has 4 heterocycles. The minimum atomic E-state index is -5.60. The zero-order chi connectivity index (χ0) is 52.0. The molecule has 13 N–H and O–H groups in total. The van der Waals surface area contributed by atoms with Crippen LogP contribution in [0.5, 0.6) is 0 Å². The highest BCUT2D eigenvalue weighted by Crippen LogP contribution is 2.61. The van der Waals surface area contributed by atoms with Gasteiger partial charge in [0.05, 0.1) is 37.9 Å². The van der Waals surface area contributed by atoms with Gasteiger partial charge in [0.15, 0.2) is 29.1 Å². The average molecular weight is 1080 g/mol. The summed E-state index contributed by atoms with van der Waals surface area (Å²) >= 11 is 0.948. The maximum atomic E-state index is 12.7. The summed E-state index contributed by atoms with van der Waals surface area (Å²) in [5, 5.41) is 56.2. The number of aliphatic hydroxyl groups excluding tert-OH is 5. The first-order chi connectivity index (χ1) is 32.7. The number of unbranched alkanes of at least 4 members (excludes halogenated alkanes) is 4. The van der Waals surface area contributed by atoms with E-state index >= 15 is 0 Å². The Morgan fingerprint density at radius 2 is 1.63 bits per heavy atom. The number of imidazole rings is 1. The number of carbonyl (C=O) groups is 3. The Labute approximate surface area is 405 Å². The second-order valence-electron chi connectivity index (χ2n) is 17.2. The fourth-order valence-corrected chi connectivity index (χ4v) is 10.5. The molecule has 29 nitrogen and oxygen atoms in total. The first-order valence-corrected chi connectivity index (χ1v) is 27.5. The van der Waals surface area contributed by atoms with Crippen molar-refractivity contribution in [3.05, 3.63) is 12.7 Å². The molecule has 2 amide bonds. The van der Waals surface area contributed by atoms with E-state index in [1.54, 1.807) is 6.92 Å². The molecule has 2 unspecified atom stereocenters. The molecule has 4 rings (SSSR count). The first kappa shape index (κ1) is 59.9. The normalized spacial score (nSPS) is 25.8. The predicted molar refractivity (Wildman–Crippen MR) is 242 cm³/mol. The van der Waals surface area contributed by atoms with E-state index in [0.717, 1.165) is 61.1 Å². The minimum Gasteiger partial charge on any atom is -0.393 e. The molecule has 2 aliphatic rings. The van der Waals surface area contributed by atoms with Gasteiger partial charge in [0.1, 0.15) is 42.4 Å². The zero-order valence-electron chi connectivity index (χ0n) is 38.5. The molecule has 33 heteroatoms. The second-order valence-corrected chi connectivity index (χ2v) is 22.5. The van der Waals surface area contributed by atoms with E-state index in [-0.39, 0.29) is 60.2 Å². The molecule has 0 radical (unpaired) electrons. The molecular formula is C37H64N7O22P3S. The molecule has 0 spiro atoms. The van der Waals surface area contributed by atoms with Gasteiger partial charge in [0.25, 0.3) is 0 Å². The third-order valence-electron chi connectivity index (χ3n) is 10.8. The lowest BCUT2D eigenvalue weighted by molar-refractivity contribution is -0.261. The first-order valence-electron chi connectivity index (χ1n) is 22.0. The van der Waals surface area contributed by atoms with Crippen LogP contribution >= 0.6 is 35.2 Å². The Bertz CT molecular complexity index is 2180. The maximum absolute atomic E-state index is 12.7. The van der Waals surface area contributed by atoms with Crippen molar-refractivity contribution in [3.63, 3.8) is 0 Å². The number of hydrogen-bond acceptors (Lipinski definition) is 23. The summed E-state index contributed by atoms with van der Waals surface area (Å²) in [5.41, 5.74) is 4.21. The fraction of sp³-hybridized carbons (Fsp3) is 0.784. The topological polar surface area (TPSA) is 443 Å². The SMILES string of the molecule is C[C@@H]1O[C@@H](OCCCCCCC[C@@H](O)CC(=O)SCCNC(=O)CCNC(=O)[C@H](O)C(C)(C)COP(=O)(O)OP(=O)(O)OC[C@H]2O[C@@H](n3cnc4c(N)ncnc43)[C@H](O)[C@@H]2OP(=O)(O)O)[C@H](O)C[C@H]1O. The Morgan fingerprint density at radius 1 is 0.943 bits per heavy atom. The standard InChI is InChI=1S/C37H64N7O22P3S/c1-21-23(46)16-24(47)36(63-21)60-13-8-6-4-5-7-9-22(45)15-27(49)70-14-12-39-26(48)10-11-40-34(52)31(51)37(2,3)18-62-69(58,59)66-68(56,57)61-17-25-30(65-67(53,54)55)29(50)35(64-25)44-20-43-28-32(38)41-19-42-33(28)44/h19-25,29-31,35-36,45-47,50-51H,4-18H2,1-3H3,(H,39,48)(H,40,52)(H,56,57)(H,58,59)(H2,38,41,42)(H2,53,54,55)/t21-,22+,23+,24+,25+,29+,30+,31-,35+,36+/m0/s1. The number of nitrogens with zero attached hydrogens (tertiary/aromatic N) is 4. The van der Waals surface area contributed by atoms with Crippen LogP contribution in [0.15, 0.2) is 12.7 Å². The molecule has 2 saturated heterocycles. The summed E-state index contributed by atoms with van der Waals surface area (Å²) in [6.45, 7) is 2.40. The van der Waals surface area contributed by atoms with Crippen molar-refractivity contribution >= 4 is 69.1 Å². The summed E-state index contributed by atoms with van der Waals surface area (Å²) in [7, 11) is -16.5. The number of ether oxygens (including phenoxy) is 3. The van der Waals surface area contributed by atoms with Crippen LogP contribution in [0.25, 0.3) is 11.2 Å². The molecule has 400 valence electrons. The van der Waals surface area contributed by atoms with Crippen molar-refractivity contribution in [1.82, 2.24) is 30.2 Å². The van der Waals surface area contributed by atoms with Crippen molar-refractivity contribution in [2.45, 2.75) is 140 Å². The highest BCUT2D eigenvalue weighted by atomic mass is 32.2. The number of anilines is 1. The van der Waals surface area contributed by atoms with E-state index in [0.29, 0.717) is 13.0 Å². The monoisotopic (exact) mass is 1080 g/mol. The lowest BCUT2D eigenvalue weighted by atomic mass is 9.87. The molecule has 2 aromatic rings. The third-order valence-corrected chi connectivity index (χ3v) is 14.8. The Kier molecular flexibility index (Phi) is 23.2. The molecule has 70 heavy (non-hydrogen) atoms. The van der Waals surface area contributed by atoms with Gasteiger partial charge in [-0.1, -0.05) is 51.3 Å². The average Bonchev–Trinajstić information content (AvgIpc) is 3.83. The number of thioether (sulfide) groups is 1. The molecule has 0 bridgehead atoms. The van der Waals surface area contributed by atoms with Gasteiger partial charge in [-0.25, -0.2) is 28.6 Å². The van der Waals surface area contributed by atoms with Crippen LogP contribution in [-0.4, -0.2) is 175 Å². The van der Waals surface area contributed by atoms with Crippen molar-refractivity contribution in [2.24, 2.45) is 5.41 Å². The molecule has 0 saturated carbocycles. The Morgan fingerprint density at radius 3 is 2.34 bits per heavy atom. The largest absolute Gasteiger partial charge is 0.481 e. The van der Waals surface area contributed by atoms with Crippen molar-refractivity contribution < 1.29 is 105 Å². The molecule has 2 aliphatic heterocycles. The number of fused-ring (bicyclic) bond motifs is 1. The number of aromatic nitrogens is 4. The van der Waals surface area contributed by atoms with Crippen LogP contribution in [0.4, 0.5) is 5.82 Å². The number of nitrogens with two attached hydrogens (primary N) is 1. The molecule has 0 aliphatic carbocycles. The summed E-state index contributed by atoms with van der Waals surface area (Å²) < 4.78 is 73.4. The van der Waals surface area contributed by atoms with E-state index in [9.17, 15) is 73.2 Å². The van der Waals surface area contributed by atoms with Crippen LogP contribution in [0.2, 0.25) is 0 Å². The summed E-state index contributed by atoms with van der Waals surface area (Å²) in [5.74, 6) is -1.33. The zero-order valence-corrected chi connectivity index (χ0v) is 42.0. The molecule has 12 atom stereocenters. The van der Waals surface area contributed by atoms with E-state index in [2.05, 4.69) is 34.4 Å². The van der Waals surface area contributed by atoms with E-state index in [4.69, 9.17) is 29.0 Å². The number of nitrogen functional groups attached to an aromatic ring is 1. The van der Waals surface area contributed by atoms with Gasteiger partial charge >= 0.3 is 23.5 Å². The predicted octanol–water partition coefficient (Wildman–Crippen LogP) is -0.370. The lowest BCUT2D eigenvalue weighted by Gasteiger charge is -2.35. The number of nitrogens with one attached hydrogen (secondary N) is 2. The van der Waals surface area contributed by atoms with Crippen molar-refractivity contribution in [2.75, 3.05) is 44.4 Å². The molecular weight excluding hydrogens is 1020 g/mol. The number of hydrogen-bond donors (Lipinski definition) is 12. The number of phosphoric acid groups is 3. The summed E-state index contributed by atoms with van der Waals surface area (Å²) in [6, 6.07) is 0. The summed E-state index contributed by atoms with van der Waals surface area (Å²) in [4.78, 5) is 88.4. The Balaban J connectivity index is 1.08. The quantitative estimate of drug-likeness (QED) is 0.0351. The molecule has 2 aromatic heterocycles. The van der Waals surface area contributed by atoms with Crippen LogP contribution in [-0.2, 0) is 60.2 Å². The molecule has 0 aromatic carbocycles. The second kappa shape index (κ2) is 27.1. The number of aliphatic hydroxyl groups is 5. The van der Waals surface area contributed by atoms with Crippen molar-refractivity contribution in [3.8, 4) is 0 Å². The number of carbonyl (C=O) groups excluding carboxylic acids is 3.